The van der Waals surface area contributed by atoms with Crippen LogP contribution in [0.4, 0.5) is 4.79 Å². The summed E-state index contributed by atoms with van der Waals surface area (Å²) in [7, 11) is 0. The third-order valence-corrected chi connectivity index (χ3v) is 5.02. The third-order valence-electron chi connectivity index (χ3n) is 5.02. The Morgan fingerprint density at radius 2 is 1.96 bits per heavy atom. The van der Waals surface area contributed by atoms with Gasteiger partial charge in [0.25, 0.3) is 0 Å². The zero-order valence-corrected chi connectivity index (χ0v) is 14.1. The van der Waals surface area contributed by atoms with Crippen LogP contribution in [0.3, 0.4) is 0 Å². The number of fused-ring (bicyclic) bond motifs is 1. The number of hydrogen-bond donors (Lipinski definition) is 1. The number of alkyl carbamates (subject to hydrolysis) is 1. The van der Waals surface area contributed by atoms with E-state index < -0.39 is 0 Å². The lowest BCUT2D eigenvalue weighted by Gasteiger charge is -2.40. The fourth-order valence-corrected chi connectivity index (χ4v) is 3.84. The van der Waals surface area contributed by atoms with Gasteiger partial charge in [0.2, 0.25) is 0 Å². The summed E-state index contributed by atoms with van der Waals surface area (Å²) in [6.45, 7) is 9.87. The van der Waals surface area contributed by atoms with Crippen LogP contribution in [-0.4, -0.2) is 61.3 Å². The summed E-state index contributed by atoms with van der Waals surface area (Å²) in [4.78, 5) is 16.9. The van der Waals surface area contributed by atoms with Gasteiger partial charge in [-0.1, -0.05) is 31.2 Å². The predicted molar refractivity (Wildman–Crippen MR) is 90.5 cm³/mol. The monoisotopic (exact) mass is 317 g/mol. The van der Waals surface area contributed by atoms with Gasteiger partial charge < -0.3 is 15.0 Å². The maximum Gasteiger partial charge on any atom is 0.407 e. The molecular weight excluding hydrogens is 290 g/mol. The fraction of sp³-hybridized carbons (Fsp3) is 0.611. The molecule has 2 atom stereocenters. The van der Waals surface area contributed by atoms with Crippen LogP contribution in [-0.2, 0) is 11.2 Å². The summed E-state index contributed by atoms with van der Waals surface area (Å²) in [5.74, 6) is 0. The molecule has 0 spiro atoms. The van der Waals surface area contributed by atoms with Gasteiger partial charge >= 0.3 is 6.09 Å². The smallest absolute Gasteiger partial charge is 0.407 e. The van der Waals surface area contributed by atoms with E-state index in [2.05, 4.69) is 46.3 Å². The van der Waals surface area contributed by atoms with Crippen molar-refractivity contribution in [2.45, 2.75) is 32.4 Å². The van der Waals surface area contributed by atoms with Crippen molar-refractivity contribution in [2.24, 2.45) is 0 Å². The van der Waals surface area contributed by atoms with E-state index in [1.54, 1.807) is 0 Å². The Morgan fingerprint density at radius 1 is 1.22 bits per heavy atom. The quantitative estimate of drug-likeness (QED) is 0.923. The Hall–Kier alpha value is -1.59. The first-order valence-corrected chi connectivity index (χ1v) is 8.70. The van der Waals surface area contributed by atoms with Gasteiger partial charge in [-0.2, -0.15) is 0 Å². The second kappa shape index (κ2) is 7.32. The van der Waals surface area contributed by atoms with Crippen LogP contribution in [0.25, 0.3) is 0 Å². The minimum absolute atomic E-state index is 0.0969. The second-order valence-corrected chi connectivity index (χ2v) is 6.29. The van der Waals surface area contributed by atoms with Crippen LogP contribution in [0.15, 0.2) is 24.3 Å². The molecule has 1 fully saturated rings. The molecule has 1 amide bonds. The number of ether oxygens (including phenoxy) is 1. The van der Waals surface area contributed by atoms with Gasteiger partial charge in [-0.15, -0.1) is 0 Å². The lowest BCUT2D eigenvalue weighted by Crippen LogP contribution is -2.52. The normalized spacial score (nSPS) is 25.1. The molecule has 1 saturated heterocycles. The Labute approximate surface area is 138 Å². The standard InChI is InChI=1S/C18H27N3O2/c1-3-20-9-11-21(12-10-20)17-15-8-6-5-7-14(15)13-16(17)19-18(22)23-4-2/h5-8,16-17H,3-4,9-13H2,1-2H3,(H,19,22)/t16?,17-/m1/s1. The van der Waals surface area contributed by atoms with Gasteiger partial charge in [0.1, 0.15) is 0 Å². The highest BCUT2D eigenvalue weighted by Crippen LogP contribution is 2.36. The molecule has 2 aliphatic rings. The number of nitrogens with one attached hydrogen (secondary N) is 1. The second-order valence-electron chi connectivity index (χ2n) is 6.29. The van der Waals surface area contributed by atoms with E-state index in [-0.39, 0.29) is 18.2 Å². The molecule has 1 aliphatic heterocycles. The molecule has 1 unspecified atom stereocenters. The van der Waals surface area contributed by atoms with Crippen molar-refractivity contribution in [3.8, 4) is 0 Å². The summed E-state index contributed by atoms with van der Waals surface area (Å²) in [5.41, 5.74) is 2.71. The summed E-state index contributed by atoms with van der Waals surface area (Å²) in [5, 5.41) is 3.08. The molecule has 3 rings (SSSR count). The van der Waals surface area contributed by atoms with Crippen molar-refractivity contribution < 1.29 is 9.53 Å². The zero-order chi connectivity index (χ0) is 16.2. The number of carbonyl (C=O) groups excluding carboxylic acids is 1. The van der Waals surface area contributed by atoms with Gasteiger partial charge in [0, 0.05) is 26.2 Å². The molecule has 1 aromatic carbocycles. The maximum atomic E-state index is 11.9. The van der Waals surface area contributed by atoms with Gasteiger partial charge in [-0.05, 0) is 31.0 Å². The number of carbonyl (C=O) groups is 1. The van der Waals surface area contributed by atoms with Gasteiger partial charge in [0.05, 0.1) is 18.7 Å². The maximum absolute atomic E-state index is 11.9. The average Bonchev–Trinajstić information content (AvgIpc) is 2.93. The van der Waals surface area contributed by atoms with Crippen LogP contribution >= 0.6 is 0 Å². The molecule has 1 heterocycles. The summed E-state index contributed by atoms with van der Waals surface area (Å²) in [6.07, 6.45) is 0.579. The van der Waals surface area contributed by atoms with E-state index in [9.17, 15) is 4.79 Å². The molecule has 126 valence electrons. The van der Waals surface area contributed by atoms with Crippen molar-refractivity contribution in [3.63, 3.8) is 0 Å². The SMILES string of the molecule is CCOC(=O)NC1Cc2ccccc2[C@H]1N1CCN(CC)CC1. The molecule has 0 radical (unpaired) electrons. The highest BCUT2D eigenvalue weighted by molar-refractivity contribution is 5.68. The minimum Gasteiger partial charge on any atom is -0.450 e. The predicted octanol–water partition coefficient (Wildman–Crippen LogP) is 2.04. The molecule has 0 bridgehead atoms. The summed E-state index contributed by atoms with van der Waals surface area (Å²) in [6, 6.07) is 8.92. The van der Waals surface area contributed by atoms with Crippen LogP contribution in [0, 0.1) is 0 Å². The number of hydrogen-bond acceptors (Lipinski definition) is 4. The Balaban J connectivity index is 1.76. The first-order chi connectivity index (χ1) is 11.2. The van der Waals surface area contributed by atoms with Crippen LogP contribution in [0.2, 0.25) is 0 Å². The highest BCUT2D eigenvalue weighted by atomic mass is 16.5. The molecule has 23 heavy (non-hydrogen) atoms. The van der Waals surface area contributed by atoms with E-state index in [1.165, 1.54) is 11.1 Å². The minimum atomic E-state index is -0.303. The van der Waals surface area contributed by atoms with Crippen molar-refractivity contribution in [3.05, 3.63) is 35.4 Å². The van der Waals surface area contributed by atoms with Crippen LogP contribution in [0.5, 0.6) is 0 Å². The summed E-state index contributed by atoms with van der Waals surface area (Å²) < 4.78 is 5.10. The number of piperazine rings is 1. The number of amides is 1. The van der Waals surface area contributed by atoms with E-state index in [0.717, 1.165) is 39.1 Å². The Kier molecular flexibility index (Phi) is 5.18. The zero-order valence-electron chi connectivity index (χ0n) is 14.1. The molecular formula is C18H27N3O2. The fourth-order valence-electron chi connectivity index (χ4n) is 3.84. The number of rotatable bonds is 4. The Morgan fingerprint density at radius 3 is 2.65 bits per heavy atom. The van der Waals surface area contributed by atoms with E-state index in [1.807, 2.05) is 6.92 Å². The molecule has 5 heteroatoms. The molecule has 0 aromatic heterocycles. The first kappa shape index (κ1) is 16.3. The molecule has 1 aromatic rings. The third kappa shape index (κ3) is 3.51. The molecule has 0 saturated carbocycles. The highest BCUT2D eigenvalue weighted by Gasteiger charge is 2.38. The number of nitrogens with zero attached hydrogens (tertiary/aromatic N) is 2. The largest absolute Gasteiger partial charge is 0.450 e. The molecule has 5 nitrogen and oxygen atoms in total. The first-order valence-electron chi connectivity index (χ1n) is 8.70. The van der Waals surface area contributed by atoms with Crippen molar-refractivity contribution in [1.82, 2.24) is 15.1 Å². The van der Waals surface area contributed by atoms with Crippen molar-refractivity contribution in [2.75, 3.05) is 39.3 Å². The van der Waals surface area contributed by atoms with Gasteiger partial charge in [-0.3, -0.25) is 4.90 Å². The van der Waals surface area contributed by atoms with Crippen molar-refractivity contribution in [1.29, 1.82) is 0 Å². The number of benzene rings is 1. The lowest BCUT2D eigenvalue weighted by molar-refractivity contribution is 0.0821. The van der Waals surface area contributed by atoms with Gasteiger partial charge in [0.15, 0.2) is 0 Å². The summed E-state index contributed by atoms with van der Waals surface area (Å²) >= 11 is 0. The van der Waals surface area contributed by atoms with E-state index in [0.29, 0.717) is 6.61 Å². The lowest BCUT2D eigenvalue weighted by atomic mass is 10.0. The van der Waals surface area contributed by atoms with Crippen molar-refractivity contribution >= 4 is 6.09 Å². The van der Waals surface area contributed by atoms with Crippen LogP contribution < -0.4 is 5.32 Å². The topological polar surface area (TPSA) is 44.8 Å². The van der Waals surface area contributed by atoms with E-state index in [4.69, 9.17) is 4.74 Å². The van der Waals surface area contributed by atoms with Gasteiger partial charge in [-0.25, -0.2) is 4.79 Å². The molecule has 1 N–H and O–H groups in total. The van der Waals surface area contributed by atoms with Crippen LogP contribution in [0.1, 0.15) is 31.0 Å². The molecule has 1 aliphatic carbocycles. The number of likely N-dealkylation sites (N-methyl/N-ethyl adjacent to an activating group) is 1. The Bertz CT molecular complexity index is 541. The average molecular weight is 317 g/mol. The van der Waals surface area contributed by atoms with E-state index >= 15 is 0 Å².